The van der Waals surface area contributed by atoms with E-state index in [9.17, 15) is 9.90 Å². The third kappa shape index (κ3) is 2.13. The molecule has 0 bridgehead atoms. The fraction of sp³-hybridized carbons (Fsp3) is 0.462. The van der Waals surface area contributed by atoms with E-state index >= 15 is 0 Å². The Balaban J connectivity index is 2.27. The summed E-state index contributed by atoms with van der Waals surface area (Å²) in [5.41, 5.74) is 0.0992. The highest BCUT2D eigenvalue weighted by atomic mass is 16.7. The van der Waals surface area contributed by atoms with E-state index in [0.717, 1.165) is 0 Å². The fourth-order valence-electron chi connectivity index (χ4n) is 1.79. The van der Waals surface area contributed by atoms with Crippen LogP contribution in [0.3, 0.4) is 0 Å². The molecule has 2 rings (SSSR count). The van der Waals surface area contributed by atoms with Crippen LogP contribution in [0.25, 0.3) is 0 Å². The van der Waals surface area contributed by atoms with Crippen molar-refractivity contribution in [3.05, 3.63) is 24.3 Å². The molecule has 17 heavy (non-hydrogen) atoms. The molecule has 1 aliphatic rings. The molecule has 1 fully saturated rings. The smallest absolute Gasteiger partial charge is 0.253 e. The van der Waals surface area contributed by atoms with E-state index in [-0.39, 0.29) is 17.6 Å². The Hall–Kier alpha value is -1.55. The zero-order valence-corrected chi connectivity index (χ0v) is 10.3. The van der Waals surface area contributed by atoms with Gasteiger partial charge in [0.15, 0.2) is 0 Å². The third-order valence-electron chi connectivity index (χ3n) is 3.31. The molecule has 92 valence electrons. The zero-order valence-electron chi connectivity index (χ0n) is 10.3. The number of carbonyl (C=O) groups excluding carboxylic acids is 1. The van der Waals surface area contributed by atoms with Crippen molar-refractivity contribution >= 4 is 11.6 Å². The number of nitrogens with zero attached hydrogens (tertiary/aromatic N) is 1. The van der Waals surface area contributed by atoms with E-state index in [1.165, 1.54) is 11.1 Å². The number of phenols is 1. The molecule has 4 heteroatoms. The largest absolute Gasteiger partial charge is 0.508 e. The first kappa shape index (κ1) is 11.9. The number of amides is 1. The van der Waals surface area contributed by atoms with E-state index in [1.54, 1.807) is 18.2 Å². The molecule has 0 spiro atoms. The third-order valence-corrected chi connectivity index (χ3v) is 3.31. The van der Waals surface area contributed by atoms with Crippen molar-refractivity contribution in [2.75, 3.05) is 5.06 Å². The van der Waals surface area contributed by atoms with Crippen molar-refractivity contribution in [2.24, 2.45) is 5.92 Å². The minimum atomic E-state index is -0.470. The summed E-state index contributed by atoms with van der Waals surface area (Å²) >= 11 is 0. The van der Waals surface area contributed by atoms with Crippen LogP contribution in [-0.4, -0.2) is 16.6 Å². The van der Waals surface area contributed by atoms with Gasteiger partial charge in [-0.2, -0.15) is 5.06 Å². The van der Waals surface area contributed by atoms with Gasteiger partial charge in [0.25, 0.3) is 5.91 Å². The fourth-order valence-corrected chi connectivity index (χ4v) is 1.79. The Morgan fingerprint density at radius 2 is 2.18 bits per heavy atom. The summed E-state index contributed by atoms with van der Waals surface area (Å²) in [6.45, 7) is 5.98. The Morgan fingerprint density at radius 3 is 2.71 bits per heavy atom. The monoisotopic (exact) mass is 235 g/mol. The number of benzene rings is 1. The van der Waals surface area contributed by atoms with Crippen LogP contribution < -0.4 is 5.06 Å². The van der Waals surface area contributed by atoms with Gasteiger partial charge in [0.05, 0.1) is 12.1 Å². The predicted octanol–water partition coefficient (Wildman–Crippen LogP) is 2.48. The number of hydrogen-bond acceptors (Lipinski definition) is 3. The van der Waals surface area contributed by atoms with Gasteiger partial charge in [-0.1, -0.05) is 19.9 Å². The summed E-state index contributed by atoms with van der Waals surface area (Å²) < 4.78 is 0. The molecule has 1 heterocycles. The summed E-state index contributed by atoms with van der Waals surface area (Å²) in [5.74, 6) is 0.289. The van der Waals surface area contributed by atoms with E-state index in [1.807, 2.05) is 20.8 Å². The molecular formula is C13H17NO3. The molecule has 1 aromatic carbocycles. The first-order valence-electron chi connectivity index (χ1n) is 5.73. The standard InChI is InChI=1S/C13H17NO3/c1-9(2)13(3)8-12(16)14(17-13)10-5-4-6-11(15)7-10/h4-7,9,15H,8H2,1-3H3. The molecule has 1 unspecified atom stereocenters. The minimum absolute atomic E-state index is 0.0770. The van der Waals surface area contributed by atoms with Crippen LogP contribution >= 0.6 is 0 Å². The quantitative estimate of drug-likeness (QED) is 0.856. The van der Waals surface area contributed by atoms with E-state index in [4.69, 9.17) is 4.84 Å². The van der Waals surface area contributed by atoms with Crippen molar-refractivity contribution in [3.8, 4) is 5.75 Å². The lowest BCUT2D eigenvalue weighted by atomic mass is 9.90. The number of carbonyl (C=O) groups is 1. The first-order chi connectivity index (χ1) is 7.92. The van der Waals surface area contributed by atoms with Gasteiger partial charge < -0.3 is 5.11 Å². The molecule has 4 nitrogen and oxygen atoms in total. The topological polar surface area (TPSA) is 49.8 Å². The normalized spacial score (nSPS) is 24.7. The lowest BCUT2D eigenvalue weighted by Gasteiger charge is -2.27. The number of phenolic OH excluding ortho intramolecular Hbond substituents is 1. The Bertz CT molecular complexity index is 444. The first-order valence-corrected chi connectivity index (χ1v) is 5.73. The Labute approximate surface area is 101 Å². The molecule has 1 aromatic rings. The van der Waals surface area contributed by atoms with E-state index in [0.29, 0.717) is 12.1 Å². The molecular weight excluding hydrogens is 218 g/mol. The maximum absolute atomic E-state index is 11.9. The molecule has 1 atom stereocenters. The molecule has 1 amide bonds. The second kappa shape index (κ2) is 4.04. The average molecular weight is 235 g/mol. The van der Waals surface area contributed by atoms with Crippen molar-refractivity contribution in [3.63, 3.8) is 0 Å². The van der Waals surface area contributed by atoms with Gasteiger partial charge in [0.2, 0.25) is 0 Å². The zero-order chi connectivity index (χ0) is 12.6. The predicted molar refractivity (Wildman–Crippen MR) is 64.5 cm³/mol. The number of hydroxylamine groups is 1. The van der Waals surface area contributed by atoms with Gasteiger partial charge in [-0.15, -0.1) is 0 Å². The Morgan fingerprint density at radius 1 is 1.47 bits per heavy atom. The maximum Gasteiger partial charge on any atom is 0.253 e. The number of aromatic hydroxyl groups is 1. The van der Waals surface area contributed by atoms with Crippen LogP contribution in [-0.2, 0) is 9.63 Å². The molecule has 1 N–H and O–H groups in total. The average Bonchev–Trinajstić information content (AvgIpc) is 2.56. The van der Waals surface area contributed by atoms with Crippen molar-refractivity contribution in [1.82, 2.24) is 0 Å². The highest BCUT2D eigenvalue weighted by Crippen LogP contribution is 2.36. The molecule has 0 aliphatic carbocycles. The van der Waals surface area contributed by atoms with Crippen LogP contribution in [0.5, 0.6) is 5.75 Å². The SMILES string of the molecule is CC(C)C1(C)CC(=O)N(c2cccc(O)c2)O1. The van der Waals surface area contributed by atoms with Crippen molar-refractivity contribution < 1.29 is 14.7 Å². The lowest BCUT2D eigenvalue weighted by molar-refractivity contribution is -0.119. The lowest BCUT2D eigenvalue weighted by Crippen LogP contribution is -2.32. The Kier molecular flexibility index (Phi) is 2.83. The summed E-state index contributed by atoms with van der Waals surface area (Å²) in [6, 6.07) is 6.51. The van der Waals surface area contributed by atoms with Crippen LogP contribution in [0, 0.1) is 5.92 Å². The van der Waals surface area contributed by atoms with Gasteiger partial charge in [-0.3, -0.25) is 9.63 Å². The second-order valence-electron chi connectivity index (χ2n) is 4.94. The molecule has 0 aromatic heterocycles. The van der Waals surface area contributed by atoms with Gasteiger partial charge >= 0.3 is 0 Å². The highest BCUT2D eigenvalue weighted by Gasteiger charge is 2.44. The molecule has 1 aliphatic heterocycles. The van der Waals surface area contributed by atoms with E-state index < -0.39 is 5.60 Å². The summed E-state index contributed by atoms with van der Waals surface area (Å²) in [4.78, 5) is 17.7. The van der Waals surface area contributed by atoms with Crippen molar-refractivity contribution in [2.45, 2.75) is 32.8 Å². The highest BCUT2D eigenvalue weighted by molar-refractivity contribution is 5.94. The summed E-state index contributed by atoms with van der Waals surface area (Å²) in [5, 5.41) is 10.7. The van der Waals surface area contributed by atoms with Crippen LogP contribution in [0.4, 0.5) is 5.69 Å². The van der Waals surface area contributed by atoms with Gasteiger partial charge in [-0.05, 0) is 25.0 Å². The van der Waals surface area contributed by atoms with Crippen LogP contribution in [0.2, 0.25) is 0 Å². The molecule has 0 saturated carbocycles. The maximum atomic E-state index is 11.9. The van der Waals surface area contributed by atoms with Crippen LogP contribution in [0.15, 0.2) is 24.3 Å². The minimum Gasteiger partial charge on any atom is -0.508 e. The van der Waals surface area contributed by atoms with Crippen molar-refractivity contribution in [1.29, 1.82) is 0 Å². The number of rotatable bonds is 2. The summed E-state index contributed by atoms with van der Waals surface area (Å²) in [6.07, 6.45) is 0.361. The molecule has 0 radical (unpaired) electrons. The van der Waals surface area contributed by atoms with Gasteiger partial charge in [-0.25, -0.2) is 0 Å². The van der Waals surface area contributed by atoms with Crippen LogP contribution in [0.1, 0.15) is 27.2 Å². The summed E-state index contributed by atoms with van der Waals surface area (Å²) in [7, 11) is 0. The van der Waals surface area contributed by atoms with Gasteiger partial charge in [0, 0.05) is 6.07 Å². The molecule has 1 saturated heterocycles. The number of anilines is 1. The van der Waals surface area contributed by atoms with Gasteiger partial charge in [0.1, 0.15) is 11.4 Å². The second-order valence-corrected chi connectivity index (χ2v) is 4.94. The number of hydrogen-bond donors (Lipinski definition) is 1. The van der Waals surface area contributed by atoms with E-state index in [2.05, 4.69) is 0 Å².